The van der Waals surface area contributed by atoms with Crippen LogP contribution in [-0.4, -0.2) is 36.5 Å². The summed E-state index contributed by atoms with van der Waals surface area (Å²) in [6, 6.07) is 4.10. The molecule has 0 aromatic carbocycles. The van der Waals surface area contributed by atoms with Gasteiger partial charge in [-0.15, -0.1) is 0 Å². The first-order chi connectivity index (χ1) is 10.8. The van der Waals surface area contributed by atoms with Gasteiger partial charge in [0.1, 0.15) is 12.3 Å². The Morgan fingerprint density at radius 1 is 1.39 bits per heavy atom. The van der Waals surface area contributed by atoms with Crippen LogP contribution in [0.3, 0.4) is 0 Å². The maximum Gasteiger partial charge on any atom is 0.242 e. The van der Waals surface area contributed by atoms with E-state index in [9.17, 15) is 4.79 Å². The van der Waals surface area contributed by atoms with Crippen LogP contribution in [0.2, 0.25) is 0 Å². The Kier molecular flexibility index (Phi) is 7.65. The number of nitrogens with one attached hydrogen (secondary N) is 3. The third kappa shape index (κ3) is 8.90. The topological polar surface area (TPSA) is 78.7 Å². The van der Waals surface area contributed by atoms with E-state index < -0.39 is 0 Å². The lowest BCUT2D eigenvalue weighted by molar-refractivity contribution is -0.121. The van der Waals surface area contributed by atoms with Crippen LogP contribution < -0.4 is 16.0 Å². The molecule has 0 spiro atoms. The number of amides is 1. The fraction of sp³-hybridized carbons (Fsp3) is 0.647. The van der Waals surface area contributed by atoms with E-state index in [1.54, 1.807) is 6.26 Å². The van der Waals surface area contributed by atoms with Gasteiger partial charge in [0.15, 0.2) is 5.96 Å². The number of guanidine groups is 1. The molecule has 0 saturated carbocycles. The predicted octanol–water partition coefficient (Wildman–Crippen LogP) is 2.07. The van der Waals surface area contributed by atoms with E-state index in [1.807, 2.05) is 32.9 Å². The predicted molar refractivity (Wildman–Crippen MR) is 93.5 cm³/mol. The van der Waals surface area contributed by atoms with E-state index in [2.05, 4.69) is 34.8 Å². The number of rotatable bonds is 7. The van der Waals surface area contributed by atoms with Gasteiger partial charge in [0.05, 0.1) is 6.26 Å². The second-order valence-electron chi connectivity index (χ2n) is 6.67. The third-order valence-electron chi connectivity index (χ3n) is 3.13. The fourth-order valence-electron chi connectivity index (χ4n) is 1.86. The lowest BCUT2D eigenvalue weighted by atomic mass is 10.1. The molecular formula is C17H30N4O2. The molecule has 1 unspecified atom stereocenters. The summed E-state index contributed by atoms with van der Waals surface area (Å²) < 4.78 is 5.31. The van der Waals surface area contributed by atoms with E-state index in [0.717, 1.165) is 18.6 Å². The molecule has 130 valence electrons. The van der Waals surface area contributed by atoms with E-state index in [1.165, 1.54) is 0 Å². The molecule has 0 aliphatic carbocycles. The number of hydrogen-bond donors (Lipinski definition) is 3. The van der Waals surface area contributed by atoms with Crippen molar-refractivity contribution in [3.05, 3.63) is 24.2 Å². The highest BCUT2D eigenvalue weighted by Gasteiger charge is 2.13. The standard InChI is InChI=1S/C17H30N4O2/c1-6-13(2)20-16(18-10-9-14-8-7-11-23-14)19-12-15(22)21-17(3,4)5/h7-8,11,13H,6,9-10,12H2,1-5H3,(H,21,22)(H2,18,19,20). The Labute approximate surface area is 139 Å². The molecule has 0 aliphatic rings. The highest BCUT2D eigenvalue weighted by atomic mass is 16.3. The van der Waals surface area contributed by atoms with Gasteiger partial charge >= 0.3 is 0 Å². The second kappa shape index (κ2) is 9.22. The molecule has 0 radical (unpaired) electrons. The molecule has 1 aromatic rings. The highest BCUT2D eigenvalue weighted by Crippen LogP contribution is 2.00. The lowest BCUT2D eigenvalue weighted by Crippen LogP contribution is -2.45. The zero-order valence-electron chi connectivity index (χ0n) is 14.9. The SMILES string of the molecule is CCC(C)NC(=NCC(=O)NC(C)(C)C)NCCc1ccco1. The number of hydrogen-bond acceptors (Lipinski definition) is 3. The monoisotopic (exact) mass is 322 g/mol. The van der Waals surface area contributed by atoms with Crippen molar-refractivity contribution >= 4 is 11.9 Å². The quantitative estimate of drug-likeness (QED) is 0.530. The van der Waals surface area contributed by atoms with Crippen LogP contribution in [0.1, 0.15) is 46.8 Å². The number of furan rings is 1. The molecule has 23 heavy (non-hydrogen) atoms. The normalized spacial score (nSPS) is 13.5. The van der Waals surface area contributed by atoms with E-state index >= 15 is 0 Å². The van der Waals surface area contributed by atoms with Crippen molar-refractivity contribution < 1.29 is 9.21 Å². The molecule has 3 N–H and O–H groups in total. The van der Waals surface area contributed by atoms with Gasteiger partial charge in [0.25, 0.3) is 0 Å². The van der Waals surface area contributed by atoms with Crippen molar-refractivity contribution in [1.29, 1.82) is 0 Å². The van der Waals surface area contributed by atoms with Crippen molar-refractivity contribution in [3.63, 3.8) is 0 Å². The number of carbonyl (C=O) groups is 1. The van der Waals surface area contributed by atoms with Gasteiger partial charge in [-0.25, -0.2) is 4.99 Å². The summed E-state index contributed by atoms with van der Waals surface area (Å²) in [6.07, 6.45) is 3.41. The van der Waals surface area contributed by atoms with Crippen molar-refractivity contribution in [2.24, 2.45) is 4.99 Å². The summed E-state index contributed by atoms with van der Waals surface area (Å²) in [7, 11) is 0. The van der Waals surface area contributed by atoms with Crippen molar-refractivity contribution in [2.75, 3.05) is 13.1 Å². The summed E-state index contributed by atoms with van der Waals surface area (Å²) in [5.41, 5.74) is -0.246. The zero-order valence-corrected chi connectivity index (χ0v) is 14.9. The molecule has 1 atom stereocenters. The van der Waals surface area contributed by atoms with Gasteiger partial charge in [-0.1, -0.05) is 6.92 Å². The zero-order chi connectivity index (χ0) is 17.3. The van der Waals surface area contributed by atoms with Crippen LogP contribution >= 0.6 is 0 Å². The minimum atomic E-state index is -0.246. The van der Waals surface area contributed by atoms with Crippen LogP contribution in [0.5, 0.6) is 0 Å². The van der Waals surface area contributed by atoms with Crippen LogP contribution in [0, 0.1) is 0 Å². The molecule has 6 heteroatoms. The molecular weight excluding hydrogens is 292 g/mol. The highest BCUT2D eigenvalue weighted by molar-refractivity contribution is 5.85. The summed E-state index contributed by atoms with van der Waals surface area (Å²) >= 11 is 0. The van der Waals surface area contributed by atoms with Gasteiger partial charge in [0, 0.05) is 24.5 Å². The van der Waals surface area contributed by atoms with Gasteiger partial charge in [-0.05, 0) is 46.2 Å². The average molecular weight is 322 g/mol. The van der Waals surface area contributed by atoms with Crippen molar-refractivity contribution in [1.82, 2.24) is 16.0 Å². The molecule has 0 aliphatic heterocycles. The second-order valence-corrected chi connectivity index (χ2v) is 6.67. The summed E-state index contributed by atoms with van der Waals surface area (Å²) in [5, 5.41) is 9.44. The number of nitrogens with zero attached hydrogens (tertiary/aromatic N) is 1. The molecule has 1 rings (SSSR count). The molecule has 1 amide bonds. The maximum absolute atomic E-state index is 11.9. The van der Waals surface area contributed by atoms with E-state index in [4.69, 9.17) is 4.42 Å². The van der Waals surface area contributed by atoms with Gasteiger partial charge < -0.3 is 20.4 Å². The van der Waals surface area contributed by atoms with Crippen LogP contribution in [0.15, 0.2) is 27.8 Å². The number of aliphatic imine (C=N–C) groups is 1. The Balaban J connectivity index is 2.52. The molecule has 6 nitrogen and oxygen atoms in total. The smallest absolute Gasteiger partial charge is 0.242 e. The van der Waals surface area contributed by atoms with E-state index in [0.29, 0.717) is 12.5 Å². The summed E-state index contributed by atoms with van der Waals surface area (Å²) in [6.45, 7) is 10.8. The first kappa shape index (κ1) is 19.1. The maximum atomic E-state index is 11.9. The molecule has 1 heterocycles. The molecule has 0 bridgehead atoms. The first-order valence-corrected chi connectivity index (χ1v) is 8.18. The Hall–Kier alpha value is -1.98. The Bertz CT molecular complexity index is 489. The summed E-state index contributed by atoms with van der Waals surface area (Å²) in [4.78, 5) is 16.3. The third-order valence-corrected chi connectivity index (χ3v) is 3.13. The van der Waals surface area contributed by atoms with Crippen molar-refractivity contribution in [3.8, 4) is 0 Å². The van der Waals surface area contributed by atoms with Gasteiger partial charge in [0.2, 0.25) is 5.91 Å². The van der Waals surface area contributed by atoms with Gasteiger partial charge in [-0.3, -0.25) is 4.79 Å². The minimum Gasteiger partial charge on any atom is -0.469 e. The van der Waals surface area contributed by atoms with Crippen LogP contribution in [-0.2, 0) is 11.2 Å². The minimum absolute atomic E-state index is 0.0891. The Morgan fingerprint density at radius 3 is 2.70 bits per heavy atom. The number of carbonyl (C=O) groups excluding carboxylic acids is 1. The first-order valence-electron chi connectivity index (χ1n) is 8.18. The average Bonchev–Trinajstić information content (AvgIpc) is 2.95. The van der Waals surface area contributed by atoms with E-state index in [-0.39, 0.29) is 24.0 Å². The lowest BCUT2D eigenvalue weighted by Gasteiger charge is -2.20. The summed E-state index contributed by atoms with van der Waals surface area (Å²) in [5.74, 6) is 1.48. The Morgan fingerprint density at radius 2 is 2.13 bits per heavy atom. The molecule has 0 saturated heterocycles. The largest absolute Gasteiger partial charge is 0.469 e. The van der Waals surface area contributed by atoms with Crippen LogP contribution in [0.4, 0.5) is 0 Å². The van der Waals surface area contributed by atoms with Crippen molar-refractivity contribution in [2.45, 2.75) is 59.0 Å². The van der Waals surface area contributed by atoms with Gasteiger partial charge in [-0.2, -0.15) is 0 Å². The molecule has 0 fully saturated rings. The van der Waals surface area contributed by atoms with Crippen LogP contribution in [0.25, 0.3) is 0 Å². The molecule has 1 aromatic heterocycles. The fourth-order valence-corrected chi connectivity index (χ4v) is 1.86.